The van der Waals surface area contributed by atoms with E-state index in [1.807, 2.05) is 12.1 Å². The SMILES string of the molecule is O=S(=O)(CCCC(F)(F)F)Oc1cccc(Oc2cccc3c2C[C@H](CO)C3)c1. The van der Waals surface area contributed by atoms with Gasteiger partial charge in [-0.25, -0.2) is 0 Å². The Labute approximate surface area is 167 Å². The van der Waals surface area contributed by atoms with Crippen molar-refractivity contribution < 1.29 is 35.6 Å². The van der Waals surface area contributed by atoms with E-state index < -0.39 is 34.9 Å². The van der Waals surface area contributed by atoms with E-state index in [-0.39, 0.29) is 18.3 Å². The van der Waals surface area contributed by atoms with Gasteiger partial charge >= 0.3 is 16.3 Å². The lowest BCUT2D eigenvalue weighted by atomic mass is 10.1. The fraction of sp³-hybridized carbons (Fsp3) is 0.400. The predicted octanol–water partition coefficient (Wildman–Crippen LogP) is 4.24. The molecular formula is C20H21F3O5S. The maximum atomic E-state index is 12.2. The Morgan fingerprint density at radius 1 is 1.07 bits per heavy atom. The minimum absolute atomic E-state index is 0.0321. The topological polar surface area (TPSA) is 72.8 Å². The Morgan fingerprint density at radius 3 is 2.52 bits per heavy atom. The van der Waals surface area contributed by atoms with Crippen LogP contribution >= 0.6 is 0 Å². The third-order valence-electron chi connectivity index (χ3n) is 4.60. The monoisotopic (exact) mass is 430 g/mol. The number of hydrogen-bond acceptors (Lipinski definition) is 5. The Bertz CT molecular complexity index is 957. The van der Waals surface area contributed by atoms with Crippen molar-refractivity contribution in [3.8, 4) is 17.2 Å². The first-order chi connectivity index (χ1) is 13.6. The van der Waals surface area contributed by atoms with E-state index >= 15 is 0 Å². The molecule has 0 unspecified atom stereocenters. The van der Waals surface area contributed by atoms with E-state index in [0.717, 1.165) is 17.5 Å². The van der Waals surface area contributed by atoms with Crippen LogP contribution in [-0.4, -0.2) is 32.1 Å². The van der Waals surface area contributed by atoms with Gasteiger partial charge in [0.05, 0.1) is 5.75 Å². The van der Waals surface area contributed by atoms with Gasteiger partial charge in [0.15, 0.2) is 0 Å². The van der Waals surface area contributed by atoms with Crippen molar-refractivity contribution in [2.24, 2.45) is 5.92 Å². The fourth-order valence-corrected chi connectivity index (χ4v) is 4.26. The summed E-state index contributed by atoms with van der Waals surface area (Å²) in [4.78, 5) is 0. The van der Waals surface area contributed by atoms with Gasteiger partial charge < -0.3 is 14.0 Å². The van der Waals surface area contributed by atoms with Gasteiger partial charge in [0, 0.05) is 19.1 Å². The molecule has 0 heterocycles. The van der Waals surface area contributed by atoms with Crippen molar-refractivity contribution in [3.05, 3.63) is 53.6 Å². The van der Waals surface area contributed by atoms with Crippen LogP contribution in [0.1, 0.15) is 24.0 Å². The fourth-order valence-electron chi connectivity index (χ4n) is 3.28. The Balaban J connectivity index is 1.68. The average molecular weight is 430 g/mol. The molecule has 9 heteroatoms. The van der Waals surface area contributed by atoms with Gasteiger partial charge in [-0.15, -0.1) is 0 Å². The molecule has 3 rings (SSSR count). The van der Waals surface area contributed by atoms with Crippen molar-refractivity contribution in [3.63, 3.8) is 0 Å². The van der Waals surface area contributed by atoms with Crippen molar-refractivity contribution in [1.82, 2.24) is 0 Å². The Hall–Kier alpha value is -2.26. The highest BCUT2D eigenvalue weighted by Crippen LogP contribution is 2.36. The molecule has 1 aliphatic carbocycles. The molecule has 2 aromatic carbocycles. The number of aliphatic hydroxyl groups excluding tert-OH is 1. The van der Waals surface area contributed by atoms with Crippen molar-refractivity contribution in [2.75, 3.05) is 12.4 Å². The second kappa shape index (κ2) is 8.62. The van der Waals surface area contributed by atoms with Crippen LogP contribution in [-0.2, 0) is 23.0 Å². The summed E-state index contributed by atoms with van der Waals surface area (Å²) in [6.45, 7) is 0.0869. The minimum Gasteiger partial charge on any atom is -0.457 e. The molecule has 0 saturated carbocycles. The molecule has 158 valence electrons. The van der Waals surface area contributed by atoms with Crippen LogP contribution in [0.15, 0.2) is 42.5 Å². The normalized spacial score (nSPS) is 16.5. The summed E-state index contributed by atoms with van der Waals surface area (Å²) in [7, 11) is -4.15. The summed E-state index contributed by atoms with van der Waals surface area (Å²) in [5.74, 6) is 0.339. The van der Waals surface area contributed by atoms with E-state index in [2.05, 4.69) is 0 Å². The third-order valence-corrected chi connectivity index (χ3v) is 5.84. The van der Waals surface area contributed by atoms with Crippen LogP contribution in [0.25, 0.3) is 0 Å². The van der Waals surface area contributed by atoms with Gasteiger partial charge in [-0.2, -0.15) is 21.6 Å². The largest absolute Gasteiger partial charge is 0.457 e. The zero-order valence-corrected chi connectivity index (χ0v) is 16.3. The van der Waals surface area contributed by atoms with Crippen molar-refractivity contribution >= 4 is 10.1 Å². The molecule has 5 nitrogen and oxygen atoms in total. The first-order valence-corrected chi connectivity index (χ1v) is 10.7. The third kappa shape index (κ3) is 6.11. The molecule has 0 fully saturated rings. The second-order valence-corrected chi connectivity index (χ2v) is 8.68. The standard InChI is InChI=1S/C20H21F3O5S/c21-20(22,23)8-3-9-29(25,26)28-17-6-2-5-16(12-17)27-19-7-1-4-15-10-14(13-24)11-18(15)19/h1-2,4-7,12,14,24H,3,8-11,13H2/t14-/m1/s1. The smallest absolute Gasteiger partial charge is 0.389 e. The molecule has 29 heavy (non-hydrogen) atoms. The number of benzene rings is 2. The quantitative estimate of drug-likeness (QED) is 0.635. The highest BCUT2D eigenvalue weighted by molar-refractivity contribution is 7.87. The predicted molar refractivity (Wildman–Crippen MR) is 101 cm³/mol. The molecular weight excluding hydrogens is 409 g/mol. The van der Waals surface area contributed by atoms with Crippen LogP contribution in [0.4, 0.5) is 13.2 Å². The molecule has 2 aromatic rings. The Morgan fingerprint density at radius 2 is 1.79 bits per heavy atom. The van der Waals surface area contributed by atoms with Crippen molar-refractivity contribution in [2.45, 2.75) is 31.9 Å². The van der Waals surface area contributed by atoms with Crippen LogP contribution in [0.2, 0.25) is 0 Å². The molecule has 0 saturated heterocycles. The first kappa shape index (κ1) is 21.4. The molecule has 0 radical (unpaired) electrons. The highest BCUT2D eigenvalue weighted by atomic mass is 32.2. The van der Waals surface area contributed by atoms with E-state index in [1.54, 1.807) is 12.1 Å². The van der Waals surface area contributed by atoms with E-state index in [9.17, 15) is 26.7 Å². The maximum absolute atomic E-state index is 12.2. The van der Waals surface area contributed by atoms with Crippen LogP contribution < -0.4 is 8.92 Å². The van der Waals surface area contributed by atoms with E-state index in [1.165, 1.54) is 18.2 Å². The number of halogens is 3. The number of ether oxygens (including phenoxy) is 1. The summed E-state index contributed by atoms with van der Waals surface area (Å²) < 4.78 is 71.2. The molecule has 0 aromatic heterocycles. The lowest BCUT2D eigenvalue weighted by Gasteiger charge is -2.12. The number of rotatable bonds is 8. The molecule has 1 atom stereocenters. The first-order valence-electron chi connectivity index (χ1n) is 9.14. The minimum atomic E-state index is -4.41. The lowest BCUT2D eigenvalue weighted by molar-refractivity contribution is -0.134. The van der Waals surface area contributed by atoms with Crippen LogP contribution in [0, 0.1) is 5.92 Å². The summed E-state index contributed by atoms with van der Waals surface area (Å²) in [6, 6.07) is 11.5. The average Bonchev–Trinajstić information content (AvgIpc) is 3.05. The molecule has 0 bridgehead atoms. The molecule has 0 aliphatic heterocycles. The zero-order valence-electron chi connectivity index (χ0n) is 15.5. The summed E-state index contributed by atoms with van der Waals surface area (Å²) in [5, 5.41) is 9.39. The molecule has 0 spiro atoms. The molecule has 0 amide bonds. The van der Waals surface area contributed by atoms with Gasteiger partial charge in [0.25, 0.3) is 0 Å². The number of alkyl halides is 3. The van der Waals surface area contributed by atoms with Crippen LogP contribution in [0.5, 0.6) is 17.2 Å². The second-order valence-electron chi connectivity index (χ2n) is 6.99. The summed E-state index contributed by atoms with van der Waals surface area (Å²) in [5.41, 5.74) is 2.10. The molecule has 1 N–H and O–H groups in total. The summed E-state index contributed by atoms with van der Waals surface area (Å²) in [6.07, 6.45) is -4.71. The highest BCUT2D eigenvalue weighted by Gasteiger charge is 2.28. The van der Waals surface area contributed by atoms with Gasteiger partial charge in [0.1, 0.15) is 17.2 Å². The number of aliphatic hydroxyl groups is 1. The van der Waals surface area contributed by atoms with E-state index in [4.69, 9.17) is 8.92 Å². The van der Waals surface area contributed by atoms with Gasteiger partial charge in [-0.1, -0.05) is 18.2 Å². The van der Waals surface area contributed by atoms with Gasteiger partial charge in [0.2, 0.25) is 0 Å². The lowest BCUT2D eigenvalue weighted by Crippen LogP contribution is -2.16. The maximum Gasteiger partial charge on any atom is 0.389 e. The van der Waals surface area contributed by atoms with Gasteiger partial charge in [-0.3, -0.25) is 0 Å². The van der Waals surface area contributed by atoms with Crippen molar-refractivity contribution in [1.29, 1.82) is 0 Å². The van der Waals surface area contributed by atoms with E-state index in [0.29, 0.717) is 17.9 Å². The van der Waals surface area contributed by atoms with Crippen LogP contribution in [0.3, 0.4) is 0 Å². The molecule has 1 aliphatic rings. The number of fused-ring (bicyclic) bond motifs is 1. The Kier molecular flexibility index (Phi) is 6.38. The zero-order chi connectivity index (χ0) is 21.1. The summed E-state index contributed by atoms with van der Waals surface area (Å²) >= 11 is 0. The number of hydrogen-bond donors (Lipinski definition) is 1. The van der Waals surface area contributed by atoms with Gasteiger partial charge in [-0.05, 0) is 54.5 Å².